The van der Waals surface area contributed by atoms with E-state index in [1.807, 2.05) is 36.6 Å². The number of pyridine rings is 1. The molecule has 35 heavy (non-hydrogen) atoms. The molecule has 0 aliphatic heterocycles. The van der Waals surface area contributed by atoms with Gasteiger partial charge in [0.05, 0.1) is 35.2 Å². The van der Waals surface area contributed by atoms with Crippen molar-refractivity contribution in [3.63, 3.8) is 0 Å². The Morgan fingerprint density at radius 2 is 1.94 bits per heavy atom. The Morgan fingerprint density at radius 1 is 1.14 bits per heavy atom. The van der Waals surface area contributed by atoms with E-state index in [0.717, 1.165) is 5.69 Å². The van der Waals surface area contributed by atoms with E-state index < -0.39 is 11.2 Å². The summed E-state index contributed by atoms with van der Waals surface area (Å²) >= 11 is 2.60. The van der Waals surface area contributed by atoms with Gasteiger partial charge in [0, 0.05) is 11.9 Å². The number of anilines is 1. The van der Waals surface area contributed by atoms with E-state index in [1.54, 1.807) is 42.0 Å². The fourth-order valence-electron chi connectivity index (χ4n) is 3.38. The molecule has 0 bridgehead atoms. The summed E-state index contributed by atoms with van der Waals surface area (Å²) in [6.45, 7) is 4.21. The third kappa shape index (κ3) is 5.77. The third-order valence-electron chi connectivity index (χ3n) is 5.15. The van der Waals surface area contributed by atoms with Crippen molar-refractivity contribution in [1.82, 2.24) is 14.5 Å². The van der Waals surface area contributed by atoms with Crippen molar-refractivity contribution in [2.45, 2.75) is 37.2 Å². The van der Waals surface area contributed by atoms with E-state index >= 15 is 0 Å². The van der Waals surface area contributed by atoms with Crippen LogP contribution in [0.2, 0.25) is 0 Å². The molecule has 4 rings (SSSR count). The maximum absolute atomic E-state index is 13.2. The zero-order valence-corrected chi connectivity index (χ0v) is 20.9. The third-order valence-corrected chi connectivity index (χ3v) is 7.40. The molecule has 0 unspecified atom stereocenters. The van der Waals surface area contributed by atoms with E-state index in [-0.39, 0.29) is 18.0 Å². The molecular weight excluding hydrogens is 484 g/mol. The number of hydrogen-bond acceptors (Lipinski definition) is 8. The van der Waals surface area contributed by atoms with Crippen LogP contribution in [0.4, 0.5) is 5.69 Å². The number of rotatable bonds is 9. The van der Waals surface area contributed by atoms with Crippen molar-refractivity contribution >= 4 is 50.9 Å². The summed E-state index contributed by atoms with van der Waals surface area (Å²) in [5, 5.41) is 4.70. The topological polar surface area (TPSA) is 103 Å². The molecule has 0 radical (unpaired) electrons. The van der Waals surface area contributed by atoms with Crippen LogP contribution in [-0.2, 0) is 16.1 Å². The molecule has 1 amide bonds. The Morgan fingerprint density at radius 3 is 2.63 bits per heavy atom. The average molecular weight is 509 g/mol. The van der Waals surface area contributed by atoms with Gasteiger partial charge in [0.15, 0.2) is 5.16 Å². The molecule has 1 N–H and O–H groups in total. The second kappa shape index (κ2) is 11.3. The maximum Gasteiger partial charge on any atom is 0.338 e. The summed E-state index contributed by atoms with van der Waals surface area (Å²) in [7, 11) is 0. The summed E-state index contributed by atoms with van der Waals surface area (Å²) in [4.78, 5) is 47.2. The largest absolute Gasteiger partial charge is 0.462 e. The van der Waals surface area contributed by atoms with Gasteiger partial charge >= 0.3 is 5.97 Å². The number of esters is 1. The molecule has 3 heterocycles. The second-order valence-electron chi connectivity index (χ2n) is 7.54. The number of hydrogen-bond donors (Lipinski definition) is 1. The number of benzene rings is 1. The Labute approximate surface area is 210 Å². The van der Waals surface area contributed by atoms with Crippen LogP contribution in [0.25, 0.3) is 10.2 Å². The fourth-order valence-corrected chi connectivity index (χ4v) is 5.17. The molecule has 0 fully saturated rings. The standard InChI is InChI=1S/C25H24N4O4S2/c1-3-20(22(30)27-17-10-8-16(9-11-17)24(32)33-4-2)35-25-28-19-12-14-34-21(19)23(31)29(25)15-18-7-5-6-13-26-18/h5-14,20H,3-4,15H2,1-2H3,(H,27,30)/t20-/m0/s1. The lowest BCUT2D eigenvalue weighted by Crippen LogP contribution is -2.28. The molecule has 8 nitrogen and oxygen atoms in total. The minimum Gasteiger partial charge on any atom is -0.462 e. The Hall–Kier alpha value is -3.50. The van der Waals surface area contributed by atoms with E-state index in [4.69, 9.17) is 9.72 Å². The molecule has 0 aliphatic carbocycles. The minimum absolute atomic E-state index is 0.150. The van der Waals surface area contributed by atoms with Crippen LogP contribution in [0, 0.1) is 0 Å². The molecule has 1 atom stereocenters. The number of amides is 1. The number of nitrogens with zero attached hydrogens (tertiary/aromatic N) is 3. The number of fused-ring (bicyclic) bond motifs is 1. The first kappa shape index (κ1) is 24.6. The van der Waals surface area contributed by atoms with Crippen molar-refractivity contribution in [2.24, 2.45) is 0 Å². The van der Waals surface area contributed by atoms with Gasteiger partial charge in [-0.1, -0.05) is 24.8 Å². The van der Waals surface area contributed by atoms with Crippen LogP contribution < -0.4 is 10.9 Å². The first-order valence-corrected chi connectivity index (χ1v) is 12.9. The summed E-state index contributed by atoms with van der Waals surface area (Å²) in [5.41, 5.74) is 2.17. The molecule has 180 valence electrons. The number of thiophene rings is 1. The second-order valence-corrected chi connectivity index (χ2v) is 9.63. The van der Waals surface area contributed by atoms with Crippen molar-refractivity contribution in [3.05, 3.63) is 81.7 Å². The van der Waals surface area contributed by atoms with Gasteiger partial charge in [-0.05, 0) is 61.2 Å². The van der Waals surface area contributed by atoms with E-state index in [9.17, 15) is 14.4 Å². The lowest BCUT2D eigenvalue weighted by molar-refractivity contribution is -0.115. The monoisotopic (exact) mass is 508 g/mol. The Bertz CT molecular complexity index is 1380. The molecule has 0 saturated heterocycles. The predicted molar refractivity (Wildman–Crippen MR) is 138 cm³/mol. The van der Waals surface area contributed by atoms with Gasteiger partial charge in [0.2, 0.25) is 5.91 Å². The summed E-state index contributed by atoms with van der Waals surface area (Å²) in [6, 6.07) is 13.9. The average Bonchev–Trinajstić information content (AvgIpc) is 3.34. The molecule has 4 aromatic rings. The molecule has 1 aromatic carbocycles. The molecule has 0 saturated carbocycles. The SMILES string of the molecule is CCOC(=O)c1ccc(NC(=O)[C@H](CC)Sc2nc3ccsc3c(=O)n2Cc2ccccn2)cc1. The Balaban J connectivity index is 1.57. The van der Waals surface area contributed by atoms with E-state index in [0.29, 0.717) is 39.7 Å². The molecule has 0 aliphatic rings. The number of thioether (sulfide) groups is 1. The number of carbonyl (C=O) groups is 2. The zero-order valence-electron chi connectivity index (χ0n) is 19.3. The zero-order chi connectivity index (χ0) is 24.8. The summed E-state index contributed by atoms with van der Waals surface area (Å²) in [5.74, 6) is -0.626. The van der Waals surface area contributed by atoms with Crippen molar-refractivity contribution in [2.75, 3.05) is 11.9 Å². The Kier molecular flexibility index (Phi) is 7.94. The summed E-state index contributed by atoms with van der Waals surface area (Å²) < 4.78 is 7.14. The van der Waals surface area contributed by atoms with Crippen LogP contribution in [0.15, 0.2) is 70.1 Å². The summed E-state index contributed by atoms with van der Waals surface area (Å²) in [6.07, 6.45) is 2.21. The number of ether oxygens (including phenoxy) is 1. The van der Waals surface area contributed by atoms with Gasteiger partial charge in [0.1, 0.15) is 4.70 Å². The van der Waals surface area contributed by atoms with Crippen LogP contribution in [0.3, 0.4) is 0 Å². The van der Waals surface area contributed by atoms with Gasteiger partial charge in [-0.2, -0.15) is 0 Å². The van der Waals surface area contributed by atoms with Gasteiger partial charge < -0.3 is 10.1 Å². The molecule has 0 spiro atoms. The maximum atomic E-state index is 13.2. The highest BCUT2D eigenvalue weighted by Gasteiger charge is 2.23. The fraction of sp³-hybridized carbons (Fsp3) is 0.240. The lowest BCUT2D eigenvalue weighted by atomic mass is 10.2. The predicted octanol–water partition coefficient (Wildman–Crippen LogP) is 4.59. The minimum atomic E-state index is -0.488. The smallest absolute Gasteiger partial charge is 0.338 e. The quantitative estimate of drug-likeness (QED) is 0.200. The lowest BCUT2D eigenvalue weighted by Gasteiger charge is -2.17. The van der Waals surface area contributed by atoms with E-state index in [1.165, 1.54) is 23.1 Å². The van der Waals surface area contributed by atoms with Gasteiger partial charge in [-0.25, -0.2) is 9.78 Å². The van der Waals surface area contributed by atoms with Crippen molar-refractivity contribution in [3.8, 4) is 0 Å². The highest BCUT2D eigenvalue weighted by atomic mass is 32.2. The molecular formula is C25H24N4O4S2. The van der Waals surface area contributed by atoms with Gasteiger partial charge in [-0.15, -0.1) is 11.3 Å². The number of nitrogens with one attached hydrogen (secondary N) is 1. The highest BCUT2D eigenvalue weighted by Crippen LogP contribution is 2.27. The van der Waals surface area contributed by atoms with Gasteiger partial charge in [-0.3, -0.25) is 19.1 Å². The molecule has 10 heteroatoms. The first-order chi connectivity index (χ1) is 17.0. The van der Waals surface area contributed by atoms with Crippen LogP contribution in [0.1, 0.15) is 36.3 Å². The van der Waals surface area contributed by atoms with E-state index in [2.05, 4.69) is 10.3 Å². The molecule has 3 aromatic heterocycles. The van der Waals surface area contributed by atoms with Crippen LogP contribution in [0.5, 0.6) is 0 Å². The van der Waals surface area contributed by atoms with Crippen LogP contribution >= 0.6 is 23.1 Å². The van der Waals surface area contributed by atoms with Gasteiger partial charge in [0.25, 0.3) is 5.56 Å². The van der Waals surface area contributed by atoms with Crippen molar-refractivity contribution < 1.29 is 14.3 Å². The van der Waals surface area contributed by atoms with Crippen LogP contribution in [-0.4, -0.2) is 38.3 Å². The normalized spacial score (nSPS) is 11.8. The highest BCUT2D eigenvalue weighted by molar-refractivity contribution is 8.00. The number of aromatic nitrogens is 3. The number of carbonyl (C=O) groups excluding carboxylic acids is 2. The van der Waals surface area contributed by atoms with Crippen molar-refractivity contribution in [1.29, 1.82) is 0 Å². The first-order valence-electron chi connectivity index (χ1n) is 11.1.